The number of aromatic amines is 1. The maximum atomic E-state index is 3.91. The van der Waals surface area contributed by atoms with Gasteiger partial charge in [0, 0.05) is 41.4 Å². The first-order valence-electron chi connectivity index (χ1n) is 8.67. The SMILES string of the molecule is CN1C(Cc2c[nH]c3ccc(-n4cnnc4)cc23)CC2CNCC21. The monoisotopic (exact) mass is 322 g/mol. The van der Waals surface area contributed by atoms with Crippen LogP contribution in [0.2, 0.25) is 0 Å². The van der Waals surface area contributed by atoms with E-state index < -0.39 is 0 Å². The number of likely N-dealkylation sites (N-methyl/N-ethyl adjacent to an activating group) is 1. The third kappa shape index (κ3) is 2.17. The van der Waals surface area contributed by atoms with Crippen molar-refractivity contribution < 1.29 is 0 Å². The molecule has 1 aromatic carbocycles. The van der Waals surface area contributed by atoms with Gasteiger partial charge in [-0.25, -0.2) is 0 Å². The highest BCUT2D eigenvalue weighted by Gasteiger charge is 2.41. The van der Waals surface area contributed by atoms with E-state index in [1.807, 2.05) is 4.57 Å². The summed E-state index contributed by atoms with van der Waals surface area (Å²) in [6.07, 6.45) is 8.07. The van der Waals surface area contributed by atoms with Gasteiger partial charge in [-0.1, -0.05) is 0 Å². The lowest BCUT2D eigenvalue weighted by atomic mass is 9.98. The summed E-state index contributed by atoms with van der Waals surface area (Å²) in [4.78, 5) is 6.02. The standard InChI is InChI=1S/C18H22N6/c1-23-15(5-13-7-19-9-18(13)23)4-12-8-20-17-3-2-14(6-16(12)17)24-10-21-22-11-24/h2-3,6,8,10-11,13,15,18-20H,4-5,7,9H2,1H3. The predicted molar refractivity (Wildman–Crippen MR) is 93.2 cm³/mol. The molecule has 0 amide bonds. The lowest BCUT2D eigenvalue weighted by Crippen LogP contribution is -2.36. The van der Waals surface area contributed by atoms with Crippen LogP contribution in [0.1, 0.15) is 12.0 Å². The fourth-order valence-electron chi connectivity index (χ4n) is 4.53. The van der Waals surface area contributed by atoms with Crippen LogP contribution in [0.4, 0.5) is 0 Å². The van der Waals surface area contributed by atoms with Crippen LogP contribution in [-0.4, -0.2) is 56.9 Å². The van der Waals surface area contributed by atoms with Crippen LogP contribution in [-0.2, 0) is 6.42 Å². The van der Waals surface area contributed by atoms with Crippen LogP contribution in [0.25, 0.3) is 16.6 Å². The normalized spacial score (nSPS) is 27.1. The number of fused-ring (bicyclic) bond motifs is 2. The maximum Gasteiger partial charge on any atom is 0.123 e. The first kappa shape index (κ1) is 14.2. The number of nitrogens with one attached hydrogen (secondary N) is 2. The smallest absolute Gasteiger partial charge is 0.123 e. The van der Waals surface area contributed by atoms with E-state index in [0.29, 0.717) is 12.1 Å². The molecule has 6 heteroatoms. The van der Waals surface area contributed by atoms with Crippen molar-refractivity contribution in [2.75, 3.05) is 20.1 Å². The van der Waals surface area contributed by atoms with E-state index in [0.717, 1.165) is 24.6 Å². The van der Waals surface area contributed by atoms with Crippen LogP contribution < -0.4 is 5.32 Å². The Kier molecular flexibility index (Phi) is 3.21. The number of benzene rings is 1. The van der Waals surface area contributed by atoms with Gasteiger partial charge < -0.3 is 10.3 Å². The largest absolute Gasteiger partial charge is 0.361 e. The molecular weight excluding hydrogens is 300 g/mol. The zero-order valence-corrected chi connectivity index (χ0v) is 13.8. The van der Waals surface area contributed by atoms with Crippen molar-refractivity contribution in [3.05, 3.63) is 42.6 Å². The Hall–Kier alpha value is -2.18. The van der Waals surface area contributed by atoms with Crippen molar-refractivity contribution in [1.82, 2.24) is 30.0 Å². The molecular formula is C18H22N6. The lowest BCUT2D eigenvalue weighted by Gasteiger charge is -2.24. The topological polar surface area (TPSA) is 61.8 Å². The minimum absolute atomic E-state index is 0.639. The highest BCUT2D eigenvalue weighted by Crippen LogP contribution is 2.34. The number of hydrogen-bond acceptors (Lipinski definition) is 4. The summed E-state index contributed by atoms with van der Waals surface area (Å²) in [6.45, 7) is 2.32. The predicted octanol–water partition coefficient (Wildman–Crippen LogP) is 1.58. The molecule has 5 rings (SSSR count). The van der Waals surface area contributed by atoms with E-state index >= 15 is 0 Å². The average molecular weight is 322 g/mol. The molecule has 124 valence electrons. The van der Waals surface area contributed by atoms with Gasteiger partial charge in [0.05, 0.1) is 0 Å². The van der Waals surface area contributed by atoms with Gasteiger partial charge in [0.25, 0.3) is 0 Å². The Morgan fingerprint density at radius 2 is 2.08 bits per heavy atom. The summed E-state index contributed by atoms with van der Waals surface area (Å²) in [5.74, 6) is 0.817. The summed E-state index contributed by atoms with van der Waals surface area (Å²) in [6, 6.07) is 7.84. The van der Waals surface area contributed by atoms with E-state index in [1.54, 1.807) is 12.7 Å². The Labute approximate surface area is 140 Å². The number of nitrogens with zero attached hydrogens (tertiary/aromatic N) is 4. The number of rotatable bonds is 3. The van der Waals surface area contributed by atoms with Crippen molar-refractivity contribution in [3.8, 4) is 5.69 Å². The molecule has 2 aliphatic rings. The molecule has 0 radical (unpaired) electrons. The molecule has 0 bridgehead atoms. The first-order valence-corrected chi connectivity index (χ1v) is 8.67. The summed E-state index contributed by atoms with van der Waals surface area (Å²) in [5, 5.41) is 12.6. The molecule has 0 spiro atoms. The number of likely N-dealkylation sites (tertiary alicyclic amines) is 1. The van der Waals surface area contributed by atoms with E-state index in [1.165, 1.54) is 29.4 Å². The van der Waals surface area contributed by atoms with Crippen molar-refractivity contribution in [1.29, 1.82) is 0 Å². The number of H-pyrrole nitrogens is 1. The zero-order valence-electron chi connectivity index (χ0n) is 13.8. The molecule has 0 saturated carbocycles. The van der Waals surface area contributed by atoms with Crippen LogP contribution in [0, 0.1) is 5.92 Å². The Bertz CT molecular complexity index is 852. The highest BCUT2D eigenvalue weighted by molar-refractivity contribution is 5.85. The fourth-order valence-corrected chi connectivity index (χ4v) is 4.53. The van der Waals surface area contributed by atoms with Gasteiger partial charge in [-0.05, 0) is 56.1 Å². The Morgan fingerprint density at radius 3 is 2.92 bits per heavy atom. The van der Waals surface area contributed by atoms with Gasteiger partial charge in [-0.2, -0.15) is 0 Å². The molecule has 2 aromatic heterocycles. The van der Waals surface area contributed by atoms with Crippen LogP contribution in [0.5, 0.6) is 0 Å². The minimum Gasteiger partial charge on any atom is -0.361 e. The van der Waals surface area contributed by atoms with E-state index in [-0.39, 0.29) is 0 Å². The second-order valence-corrected chi connectivity index (χ2v) is 7.16. The molecule has 2 N–H and O–H groups in total. The van der Waals surface area contributed by atoms with E-state index in [4.69, 9.17) is 0 Å². The molecule has 4 heterocycles. The second kappa shape index (κ2) is 5.43. The van der Waals surface area contributed by atoms with Crippen LogP contribution >= 0.6 is 0 Å². The molecule has 2 saturated heterocycles. The second-order valence-electron chi connectivity index (χ2n) is 7.16. The van der Waals surface area contributed by atoms with Gasteiger partial charge in [-0.3, -0.25) is 9.47 Å². The highest BCUT2D eigenvalue weighted by atomic mass is 15.2. The number of hydrogen-bond donors (Lipinski definition) is 2. The molecule has 6 nitrogen and oxygen atoms in total. The fraction of sp³-hybridized carbons (Fsp3) is 0.444. The van der Waals surface area contributed by atoms with Crippen LogP contribution in [0.3, 0.4) is 0 Å². The molecule has 2 aliphatic heterocycles. The maximum absolute atomic E-state index is 3.91. The molecule has 2 fully saturated rings. The summed E-state index contributed by atoms with van der Waals surface area (Å²) >= 11 is 0. The van der Waals surface area contributed by atoms with Crippen molar-refractivity contribution >= 4 is 10.9 Å². The van der Waals surface area contributed by atoms with Crippen LogP contribution in [0.15, 0.2) is 37.1 Å². The molecule has 3 aromatic rings. The van der Waals surface area contributed by atoms with Gasteiger partial charge in [0.15, 0.2) is 0 Å². The molecule has 0 aliphatic carbocycles. The quantitative estimate of drug-likeness (QED) is 0.769. The summed E-state index contributed by atoms with van der Waals surface area (Å²) in [7, 11) is 2.29. The summed E-state index contributed by atoms with van der Waals surface area (Å²) < 4.78 is 1.95. The summed E-state index contributed by atoms with van der Waals surface area (Å²) in [5.41, 5.74) is 3.71. The van der Waals surface area contributed by atoms with Crippen molar-refractivity contribution in [2.45, 2.75) is 24.9 Å². The Balaban J connectivity index is 1.45. The van der Waals surface area contributed by atoms with E-state index in [9.17, 15) is 0 Å². The van der Waals surface area contributed by atoms with Gasteiger partial charge in [0.1, 0.15) is 12.7 Å². The van der Waals surface area contributed by atoms with E-state index in [2.05, 4.69) is 56.8 Å². The van der Waals surface area contributed by atoms with Gasteiger partial charge >= 0.3 is 0 Å². The lowest BCUT2D eigenvalue weighted by molar-refractivity contribution is 0.241. The average Bonchev–Trinajstić information content (AvgIpc) is 3.36. The van der Waals surface area contributed by atoms with Crippen molar-refractivity contribution in [2.24, 2.45) is 5.92 Å². The molecule has 3 atom stereocenters. The third-order valence-corrected chi connectivity index (χ3v) is 5.90. The van der Waals surface area contributed by atoms with Crippen molar-refractivity contribution in [3.63, 3.8) is 0 Å². The number of aromatic nitrogens is 4. The zero-order chi connectivity index (χ0) is 16.1. The van der Waals surface area contributed by atoms with Gasteiger partial charge in [-0.15, -0.1) is 10.2 Å². The first-order chi connectivity index (χ1) is 11.8. The Morgan fingerprint density at radius 1 is 1.21 bits per heavy atom. The van der Waals surface area contributed by atoms with Gasteiger partial charge in [0.2, 0.25) is 0 Å². The molecule has 3 unspecified atom stereocenters. The molecule has 24 heavy (non-hydrogen) atoms. The minimum atomic E-state index is 0.639. The third-order valence-electron chi connectivity index (χ3n) is 5.90.